The van der Waals surface area contributed by atoms with E-state index in [-0.39, 0.29) is 6.54 Å². The largest absolute Gasteiger partial charge is 0.497 e. The molecule has 0 saturated heterocycles. The van der Waals surface area contributed by atoms with E-state index in [1.807, 2.05) is 13.0 Å². The SMILES string of the molecule is COc1cc(CCNS(=O)(=O)c2ccc(C)s2)c(OC)c(OC)c1. The molecule has 0 aliphatic heterocycles. The Bertz CT molecular complexity index is 799. The summed E-state index contributed by atoms with van der Waals surface area (Å²) in [5.41, 5.74) is 0.804. The summed E-state index contributed by atoms with van der Waals surface area (Å²) >= 11 is 1.25. The zero-order chi connectivity index (χ0) is 17.7. The molecule has 0 amide bonds. The van der Waals surface area contributed by atoms with Crippen molar-refractivity contribution in [2.45, 2.75) is 17.6 Å². The zero-order valence-electron chi connectivity index (χ0n) is 14.1. The molecule has 24 heavy (non-hydrogen) atoms. The van der Waals surface area contributed by atoms with E-state index in [0.29, 0.717) is 27.9 Å². The lowest BCUT2D eigenvalue weighted by molar-refractivity contribution is 0.345. The molecule has 0 radical (unpaired) electrons. The average Bonchev–Trinajstić information content (AvgIpc) is 3.01. The van der Waals surface area contributed by atoms with Gasteiger partial charge < -0.3 is 14.2 Å². The summed E-state index contributed by atoms with van der Waals surface area (Å²) in [5, 5.41) is 0. The van der Waals surface area contributed by atoms with Crippen LogP contribution in [0.2, 0.25) is 0 Å². The van der Waals surface area contributed by atoms with Gasteiger partial charge in [0.1, 0.15) is 9.96 Å². The van der Waals surface area contributed by atoms with Crippen molar-refractivity contribution in [3.8, 4) is 17.2 Å². The minimum Gasteiger partial charge on any atom is -0.497 e. The number of rotatable bonds is 8. The molecule has 1 N–H and O–H groups in total. The van der Waals surface area contributed by atoms with E-state index in [1.165, 1.54) is 11.3 Å². The van der Waals surface area contributed by atoms with Crippen LogP contribution in [0, 0.1) is 6.92 Å². The molecule has 6 nitrogen and oxygen atoms in total. The number of sulfonamides is 1. The molecule has 2 aromatic rings. The van der Waals surface area contributed by atoms with Gasteiger partial charge >= 0.3 is 0 Å². The van der Waals surface area contributed by atoms with E-state index in [0.717, 1.165) is 10.4 Å². The van der Waals surface area contributed by atoms with Crippen LogP contribution >= 0.6 is 11.3 Å². The molecule has 0 aliphatic carbocycles. The van der Waals surface area contributed by atoms with Gasteiger partial charge in [-0.3, -0.25) is 0 Å². The lowest BCUT2D eigenvalue weighted by atomic mass is 10.1. The van der Waals surface area contributed by atoms with Crippen molar-refractivity contribution in [2.24, 2.45) is 0 Å². The van der Waals surface area contributed by atoms with Crippen LogP contribution in [0.25, 0.3) is 0 Å². The van der Waals surface area contributed by atoms with Crippen LogP contribution in [0.5, 0.6) is 17.2 Å². The van der Waals surface area contributed by atoms with Gasteiger partial charge in [0.2, 0.25) is 10.0 Å². The highest BCUT2D eigenvalue weighted by molar-refractivity contribution is 7.91. The molecule has 8 heteroatoms. The fourth-order valence-electron chi connectivity index (χ4n) is 2.27. The molecule has 1 heterocycles. The van der Waals surface area contributed by atoms with E-state index in [4.69, 9.17) is 14.2 Å². The van der Waals surface area contributed by atoms with Crippen LogP contribution in [0.15, 0.2) is 28.5 Å². The molecule has 1 aromatic heterocycles. The Morgan fingerprint density at radius 3 is 2.38 bits per heavy atom. The monoisotopic (exact) mass is 371 g/mol. The lowest BCUT2D eigenvalue weighted by Crippen LogP contribution is -2.25. The molecule has 0 aliphatic rings. The fraction of sp³-hybridized carbons (Fsp3) is 0.375. The van der Waals surface area contributed by atoms with Crippen molar-refractivity contribution in [3.05, 3.63) is 34.7 Å². The summed E-state index contributed by atoms with van der Waals surface area (Å²) in [4.78, 5) is 0.953. The van der Waals surface area contributed by atoms with Crippen LogP contribution in [0.4, 0.5) is 0 Å². The number of hydrogen-bond acceptors (Lipinski definition) is 6. The van der Waals surface area contributed by atoms with Crippen molar-refractivity contribution < 1.29 is 22.6 Å². The molecular weight excluding hydrogens is 350 g/mol. The highest BCUT2D eigenvalue weighted by atomic mass is 32.2. The Kier molecular flexibility index (Phi) is 6.09. The summed E-state index contributed by atoms with van der Waals surface area (Å²) in [7, 11) is 1.16. The van der Waals surface area contributed by atoms with E-state index in [2.05, 4.69) is 4.72 Å². The maximum atomic E-state index is 12.3. The third-order valence-corrected chi connectivity index (χ3v) is 6.39. The van der Waals surface area contributed by atoms with Gasteiger partial charge in [-0.05, 0) is 31.5 Å². The number of aryl methyl sites for hydroxylation is 1. The van der Waals surface area contributed by atoms with Gasteiger partial charge in [-0.15, -0.1) is 11.3 Å². The molecule has 0 unspecified atom stereocenters. The zero-order valence-corrected chi connectivity index (χ0v) is 15.7. The first-order chi connectivity index (χ1) is 11.4. The van der Waals surface area contributed by atoms with Crippen LogP contribution in [0.3, 0.4) is 0 Å². The maximum absolute atomic E-state index is 12.3. The van der Waals surface area contributed by atoms with Gasteiger partial charge in [-0.25, -0.2) is 13.1 Å². The lowest BCUT2D eigenvalue weighted by Gasteiger charge is -2.15. The Morgan fingerprint density at radius 2 is 1.83 bits per heavy atom. The van der Waals surface area contributed by atoms with Crippen LogP contribution < -0.4 is 18.9 Å². The molecule has 1 aromatic carbocycles. The predicted octanol–water partition coefficient (Wildman–Crippen LogP) is 2.60. The number of ether oxygens (including phenoxy) is 3. The number of benzene rings is 1. The Hall–Kier alpha value is -1.77. The fourth-order valence-corrected chi connectivity index (χ4v) is 4.63. The first kappa shape index (κ1) is 18.6. The molecule has 0 atom stereocenters. The van der Waals surface area contributed by atoms with E-state index in [9.17, 15) is 8.42 Å². The third-order valence-electron chi connectivity index (χ3n) is 3.43. The van der Waals surface area contributed by atoms with Gasteiger partial charge in [-0.2, -0.15) is 0 Å². The molecule has 2 rings (SSSR count). The molecule has 132 valence electrons. The second kappa shape index (κ2) is 7.87. The number of methoxy groups -OCH3 is 3. The molecule has 0 bridgehead atoms. The number of thiophene rings is 1. The Morgan fingerprint density at radius 1 is 1.08 bits per heavy atom. The molecular formula is C16H21NO5S2. The van der Waals surface area contributed by atoms with Crippen molar-refractivity contribution in [1.29, 1.82) is 0 Å². The minimum absolute atomic E-state index is 0.242. The second-order valence-corrected chi connectivity index (χ2v) is 8.32. The molecule has 0 spiro atoms. The second-order valence-electron chi connectivity index (χ2n) is 5.03. The highest BCUT2D eigenvalue weighted by Crippen LogP contribution is 2.35. The van der Waals surface area contributed by atoms with Crippen molar-refractivity contribution in [2.75, 3.05) is 27.9 Å². The predicted molar refractivity (Wildman–Crippen MR) is 94.0 cm³/mol. The van der Waals surface area contributed by atoms with Crippen molar-refractivity contribution >= 4 is 21.4 Å². The standard InChI is InChI=1S/C16H21NO5S2/c1-11-5-6-15(23-11)24(18,19)17-8-7-12-9-13(20-2)10-14(21-3)16(12)22-4/h5-6,9-10,17H,7-8H2,1-4H3. The first-order valence-corrected chi connectivity index (χ1v) is 9.56. The normalized spacial score (nSPS) is 11.3. The van der Waals surface area contributed by atoms with Crippen molar-refractivity contribution in [1.82, 2.24) is 4.72 Å². The van der Waals surface area contributed by atoms with Crippen LogP contribution in [0.1, 0.15) is 10.4 Å². The smallest absolute Gasteiger partial charge is 0.250 e. The first-order valence-electron chi connectivity index (χ1n) is 7.26. The summed E-state index contributed by atoms with van der Waals surface area (Å²) in [6, 6.07) is 6.93. The van der Waals surface area contributed by atoms with Crippen LogP contribution in [-0.4, -0.2) is 36.3 Å². The maximum Gasteiger partial charge on any atom is 0.250 e. The highest BCUT2D eigenvalue weighted by Gasteiger charge is 2.17. The van der Waals surface area contributed by atoms with Gasteiger partial charge in [0, 0.05) is 23.1 Å². The molecule has 0 saturated carbocycles. The van der Waals surface area contributed by atoms with E-state index in [1.54, 1.807) is 39.5 Å². The van der Waals surface area contributed by atoms with Gasteiger partial charge in [-0.1, -0.05) is 0 Å². The summed E-state index contributed by atoms with van der Waals surface area (Å²) in [5.74, 6) is 1.74. The number of hydrogen-bond donors (Lipinski definition) is 1. The number of nitrogens with one attached hydrogen (secondary N) is 1. The quantitative estimate of drug-likeness (QED) is 0.772. The molecule has 0 fully saturated rings. The van der Waals surface area contributed by atoms with Gasteiger partial charge in [0.15, 0.2) is 11.5 Å². The topological polar surface area (TPSA) is 73.9 Å². The summed E-state index contributed by atoms with van der Waals surface area (Å²) < 4.78 is 43.4. The van der Waals surface area contributed by atoms with Crippen LogP contribution in [-0.2, 0) is 16.4 Å². The van der Waals surface area contributed by atoms with Gasteiger partial charge in [0.25, 0.3) is 0 Å². The minimum atomic E-state index is -3.50. The third kappa shape index (κ3) is 4.19. The van der Waals surface area contributed by atoms with E-state index >= 15 is 0 Å². The Labute approximate surface area is 146 Å². The van der Waals surface area contributed by atoms with Crippen molar-refractivity contribution in [3.63, 3.8) is 0 Å². The summed E-state index contributed by atoms with van der Waals surface area (Å²) in [6.45, 7) is 2.11. The summed E-state index contributed by atoms with van der Waals surface area (Å²) in [6.07, 6.45) is 0.445. The van der Waals surface area contributed by atoms with E-state index < -0.39 is 10.0 Å². The van der Waals surface area contributed by atoms with Gasteiger partial charge in [0.05, 0.1) is 21.3 Å². The average molecular weight is 371 g/mol. The Balaban J connectivity index is 2.14.